The SMILES string of the molecule is CCC[CH2][Sn]([Cl])[Cl].O. The molecule has 0 amide bonds. The minimum absolute atomic E-state index is 0. The number of rotatable bonds is 3. The summed E-state index contributed by atoms with van der Waals surface area (Å²) in [5, 5.41) is 0. The molecule has 2 N–H and O–H groups in total. The van der Waals surface area contributed by atoms with Crippen LogP contribution in [0.3, 0.4) is 0 Å². The Labute approximate surface area is 64.8 Å². The fraction of sp³-hybridized carbons (Fsp3) is 1.00. The first-order valence-electron chi connectivity index (χ1n) is 2.44. The van der Waals surface area contributed by atoms with Gasteiger partial charge in [-0.1, -0.05) is 0 Å². The van der Waals surface area contributed by atoms with Gasteiger partial charge >= 0.3 is 59.6 Å². The molecule has 0 fully saturated rings. The number of halogens is 2. The zero-order valence-corrected chi connectivity index (χ0v) is 9.24. The van der Waals surface area contributed by atoms with E-state index in [0.717, 1.165) is 4.44 Å². The molecule has 4 heteroatoms. The molecule has 0 aromatic carbocycles. The first kappa shape index (κ1) is 12.1. The average Bonchev–Trinajstić information content (AvgIpc) is 1.61. The second-order valence-electron chi connectivity index (χ2n) is 1.44. The van der Waals surface area contributed by atoms with Crippen molar-refractivity contribution in [1.29, 1.82) is 0 Å². The van der Waals surface area contributed by atoms with Gasteiger partial charge in [0.05, 0.1) is 0 Å². The van der Waals surface area contributed by atoms with E-state index in [1.54, 1.807) is 0 Å². The Kier molecular flexibility index (Phi) is 12.6. The van der Waals surface area contributed by atoms with E-state index < -0.39 is 17.5 Å². The quantitative estimate of drug-likeness (QED) is 0.698. The van der Waals surface area contributed by atoms with E-state index in [1.165, 1.54) is 12.8 Å². The Hall–Kier alpha value is 1.34. The molecule has 0 atom stereocenters. The molecule has 0 aliphatic heterocycles. The molecular weight excluding hydrogens is 254 g/mol. The number of hydrogen-bond acceptors (Lipinski definition) is 0. The molecule has 8 heavy (non-hydrogen) atoms. The molecule has 0 saturated heterocycles. The van der Waals surface area contributed by atoms with E-state index in [0.29, 0.717) is 0 Å². The first-order valence-corrected chi connectivity index (χ1v) is 11.7. The molecule has 0 spiro atoms. The van der Waals surface area contributed by atoms with Crippen LogP contribution in [0.5, 0.6) is 0 Å². The van der Waals surface area contributed by atoms with Gasteiger partial charge in [0.1, 0.15) is 0 Å². The summed E-state index contributed by atoms with van der Waals surface area (Å²) in [4.78, 5) is 0. The van der Waals surface area contributed by atoms with E-state index in [4.69, 9.17) is 17.8 Å². The predicted molar refractivity (Wildman–Crippen MR) is 40.8 cm³/mol. The monoisotopic (exact) mass is 265 g/mol. The molecule has 1 radical (unpaired) electrons. The Bertz CT molecular complexity index is 43.0. The van der Waals surface area contributed by atoms with Crippen molar-refractivity contribution in [3.63, 3.8) is 0 Å². The molecule has 0 saturated carbocycles. The largest absolute Gasteiger partial charge is 0.412 e. The molecule has 0 bridgehead atoms. The van der Waals surface area contributed by atoms with Crippen LogP contribution in [0.2, 0.25) is 4.44 Å². The molecule has 1 nitrogen and oxygen atoms in total. The third kappa shape index (κ3) is 10.3. The van der Waals surface area contributed by atoms with Crippen molar-refractivity contribution >= 4 is 35.3 Å². The fourth-order valence-corrected chi connectivity index (χ4v) is 3.88. The topological polar surface area (TPSA) is 31.5 Å². The van der Waals surface area contributed by atoms with Crippen LogP contribution in [0, 0.1) is 0 Å². The summed E-state index contributed by atoms with van der Waals surface area (Å²) in [7, 11) is 11.2. The summed E-state index contributed by atoms with van der Waals surface area (Å²) >= 11 is -1.70. The third-order valence-electron chi connectivity index (χ3n) is 0.719. The van der Waals surface area contributed by atoms with Crippen LogP contribution in [0.25, 0.3) is 0 Å². The van der Waals surface area contributed by atoms with Gasteiger partial charge in [0, 0.05) is 0 Å². The van der Waals surface area contributed by atoms with Gasteiger partial charge in [-0.3, -0.25) is 0 Å². The van der Waals surface area contributed by atoms with Crippen LogP contribution in [0.15, 0.2) is 0 Å². The van der Waals surface area contributed by atoms with Crippen LogP contribution >= 0.6 is 17.8 Å². The van der Waals surface area contributed by atoms with Crippen molar-refractivity contribution in [1.82, 2.24) is 0 Å². The van der Waals surface area contributed by atoms with E-state index in [2.05, 4.69) is 6.92 Å². The van der Waals surface area contributed by atoms with Gasteiger partial charge in [-0.15, -0.1) is 0 Å². The van der Waals surface area contributed by atoms with Gasteiger partial charge in [-0.05, 0) is 0 Å². The Morgan fingerprint density at radius 3 is 2.00 bits per heavy atom. The summed E-state index contributed by atoms with van der Waals surface area (Å²) in [6, 6.07) is 0. The molecule has 51 valence electrons. The van der Waals surface area contributed by atoms with Crippen LogP contribution in [-0.4, -0.2) is 23.0 Å². The van der Waals surface area contributed by atoms with Crippen molar-refractivity contribution in [3.8, 4) is 0 Å². The second kappa shape index (κ2) is 8.34. The molecule has 0 aliphatic carbocycles. The zero-order chi connectivity index (χ0) is 5.70. The molecule has 0 unspecified atom stereocenters. The molecular formula is C4H11Cl2OSn. The van der Waals surface area contributed by atoms with Gasteiger partial charge in [0.2, 0.25) is 0 Å². The van der Waals surface area contributed by atoms with E-state index in [1.807, 2.05) is 0 Å². The van der Waals surface area contributed by atoms with Gasteiger partial charge < -0.3 is 5.48 Å². The molecule has 0 aromatic rings. The van der Waals surface area contributed by atoms with Crippen LogP contribution < -0.4 is 0 Å². The maximum absolute atomic E-state index is 5.62. The van der Waals surface area contributed by atoms with Crippen molar-refractivity contribution < 1.29 is 5.48 Å². The first-order chi connectivity index (χ1) is 3.27. The zero-order valence-electron chi connectivity index (χ0n) is 4.88. The smallest absolute Gasteiger partial charge is 0.412 e. The van der Waals surface area contributed by atoms with Gasteiger partial charge in [-0.25, -0.2) is 0 Å². The summed E-state index contributed by atoms with van der Waals surface area (Å²) in [5.74, 6) is 0. The molecule has 0 rings (SSSR count). The number of unbranched alkanes of at least 4 members (excludes halogenated alkanes) is 1. The predicted octanol–water partition coefficient (Wildman–Crippen LogP) is 1.93. The fourth-order valence-electron chi connectivity index (χ4n) is 0.310. The summed E-state index contributed by atoms with van der Waals surface area (Å²) in [6.07, 6.45) is 2.45. The van der Waals surface area contributed by atoms with Crippen LogP contribution in [-0.2, 0) is 0 Å². The normalized spacial score (nSPS) is 9.00. The summed E-state index contributed by atoms with van der Waals surface area (Å²) in [6.45, 7) is 2.15. The Morgan fingerprint density at radius 2 is 1.88 bits per heavy atom. The maximum atomic E-state index is 5.62. The van der Waals surface area contributed by atoms with Crippen molar-refractivity contribution in [3.05, 3.63) is 0 Å². The Morgan fingerprint density at radius 1 is 1.38 bits per heavy atom. The molecule has 0 aliphatic rings. The standard InChI is InChI=1S/C4H9.2ClH.H2O.Sn/c1-3-4-2;;;;/h1,3-4H2,2H3;2*1H;1H2;/q;;;;+2/p-2. The van der Waals surface area contributed by atoms with Gasteiger partial charge in [0.25, 0.3) is 0 Å². The van der Waals surface area contributed by atoms with Crippen LogP contribution in [0.4, 0.5) is 0 Å². The second-order valence-corrected chi connectivity index (χ2v) is 12.2. The minimum atomic E-state index is -1.70. The van der Waals surface area contributed by atoms with E-state index in [9.17, 15) is 0 Å². The van der Waals surface area contributed by atoms with Crippen molar-refractivity contribution in [2.75, 3.05) is 0 Å². The van der Waals surface area contributed by atoms with Crippen molar-refractivity contribution in [2.45, 2.75) is 24.2 Å². The van der Waals surface area contributed by atoms with Gasteiger partial charge in [-0.2, -0.15) is 0 Å². The van der Waals surface area contributed by atoms with E-state index >= 15 is 0 Å². The summed E-state index contributed by atoms with van der Waals surface area (Å²) in [5.41, 5.74) is 0. The van der Waals surface area contributed by atoms with E-state index in [-0.39, 0.29) is 5.48 Å². The van der Waals surface area contributed by atoms with Crippen LogP contribution in [0.1, 0.15) is 19.8 Å². The molecule has 0 heterocycles. The Balaban J connectivity index is 0. The minimum Gasteiger partial charge on any atom is -0.412 e. The summed E-state index contributed by atoms with van der Waals surface area (Å²) < 4.78 is 1.13. The van der Waals surface area contributed by atoms with Crippen molar-refractivity contribution in [2.24, 2.45) is 0 Å². The average molecular weight is 265 g/mol. The number of hydrogen-bond donors (Lipinski definition) is 0. The third-order valence-corrected chi connectivity index (χ3v) is 5.34. The van der Waals surface area contributed by atoms with Gasteiger partial charge in [0.15, 0.2) is 0 Å². The maximum Gasteiger partial charge on any atom is -0.412 e. The molecule has 0 aromatic heterocycles.